The normalized spacial score (nSPS) is 11.6. The third-order valence-electron chi connectivity index (χ3n) is 2.83. The van der Waals surface area contributed by atoms with E-state index in [1.807, 2.05) is 17.5 Å². The molecular weight excluding hydrogens is 276 g/mol. The Hall–Kier alpha value is -1.66. The number of carbonyl (C=O) groups excluding carboxylic acids is 1. The molecule has 2 N–H and O–H groups in total. The Kier molecular flexibility index (Phi) is 4.25. The number of thiophene rings is 1. The zero-order valence-electron chi connectivity index (χ0n) is 11.8. The predicted molar refractivity (Wildman–Crippen MR) is 77.6 cm³/mol. The molecule has 0 radical (unpaired) electrons. The molecule has 0 fully saturated rings. The summed E-state index contributed by atoms with van der Waals surface area (Å²) in [7, 11) is 0. The Morgan fingerprint density at radius 1 is 1.55 bits per heavy atom. The van der Waals surface area contributed by atoms with Crippen molar-refractivity contribution in [2.24, 2.45) is 0 Å². The van der Waals surface area contributed by atoms with Crippen molar-refractivity contribution in [3.8, 4) is 10.8 Å². The second-order valence-corrected chi connectivity index (χ2v) is 6.21. The fourth-order valence-corrected chi connectivity index (χ4v) is 2.36. The molecule has 2 rings (SSSR count). The molecule has 0 saturated heterocycles. The minimum absolute atomic E-state index is 0.114. The maximum atomic E-state index is 11.9. The second-order valence-electron chi connectivity index (χ2n) is 5.27. The first-order chi connectivity index (χ1) is 9.41. The topological polar surface area (TPSA) is 75.4 Å². The van der Waals surface area contributed by atoms with Gasteiger partial charge in [-0.3, -0.25) is 4.79 Å². The van der Waals surface area contributed by atoms with Gasteiger partial charge in [-0.1, -0.05) is 6.07 Å². The van der Waals surface area contributed by atoms with Crippen LogP contribution >= 0.6 is 11.3 Å². The summed E-state index contributed by atoms with van der Waals surface area (Å²) in [6.07, 6.45) is 0.143. The Morgan fingerprint density at radius 2 is 2.30 bits per heavy atom. The van der Waals surface area contributed by atoms with Crippen molar-refractivity contribution in [3.05, 3.63) is 29.0 Å². The van der Waals surface area contributed by atoms with E-state index in [0.29, 0.717) is 17.3 Å². The van der Waals surface area contributed by atoms with Crippen LogP contribution in [0, 0.1) is 6.92 Å². The molecule has 0 aromatic carbocycles. The van der Waals surface area contributed by atoms with Crippen LogP contribution in [0.5, 0.6) is 0 Å². The lowest BCUT2D eigenvalue weighted by Gasteiger charge is -2.23. The van der Waals surface area contributed by atoms with Gasteiger partial charge in [0.15, 0.2) is 0 Å². The van der Waals surface area contributed by atoms with Crippen LogP contribution in [-0.2, 0) is 11.2 Å². The number of aryl methyl sites for hydroxylation is 1. The second kappa shape index (κ2) is 5.76. The van der Waals surface area contributed by atoms with Gasteiger partial charge in [0.25, 0.3) is 0 Å². The van der Waals surface area contributed by atoms with Crippen LogP contribution in [0.25, 0.3) is 10.8 Å². The predicted octanol–water partition coefficient (Wildman–Crippen LogP) is 2.14. The van der Waals surface area contributed by atoms with Gasteiger partial charge in [-0.05, 0) is 32.2 Å². The highest BCUT2D eigenvalue weighted by Crippen LogP contribution is 2.26. The van der Waals surface area contributed by atoms with Crippen molar-refractivity contribution >= 4 is 17.2 Å². The SMILES string of the molecule is Cc1oc(-c2cccs2)nc1CC(=O)NC(C)(C)CO. The minimum atomic E-state index is -0.634. The third-order valence-corrected chi connectivity index (χ3v) is 3.68. The first-order valence-corrected chi connectivity index (χ1v) is 7.21. The summed E-state index contributed by atoms with van der Waals surface area (Å²) < 4.78 is 5.59. The Morgan fingerprint density at radius 3 is 2.90 bits per heavy atom. The fraction of sp³-hybridized carbons (Fsp3) is 0.429. The van der Waals surface area contributed by atoms with E-state index in [-0.39, 0.29) is 18.9 Å². The number of carbonyl (C=O) groups is 1. The van der Waals surface area contributed by atoms with Crippen molar-refractivity contribution in [2.45, 2.75) is 32.7 Å². The molecule has 0 saturated carbocycles. The van der Waals surface area contributed by atoms with Crippen molar-refractivity contribution in [3.63, 3.8) is 0 Å². The molecule has 0 aliphatic rings. The van der Waals surface area contributed by atoms with E-state index in [1.165, 1.54) is 0 Å². The molecule has 0 atom stereocenters. The number of nitrogens with one attached hydrogen (secondary N) is 1. The van der Waals surface area contributed by atoms with E-state index < -0.39 is 5.54 Å². The lowest BCUT2D eigenvalue weighted by Crippen LogP contribution is -2.46. The molecule has 0 unspecified atom stereocenters. The maximum Gasteiger partial charge on any atom is 0.236 e. The number of aliphatic hydroxyl groups is 1. The van der Waals surface area contributed by atoms with Gasteiger partial charge in [0, 0.05) is 0 Å². The Balaban J connectivity index is 2.09. The van der Waals surface area contributed by atoms with Gasteiger partial charge < -0.3 is 14.8 Å². The molecule has 0 aliphatic carbocycles. The van der Waals surface area contributed by atoms with Crippen molar-refractivity contribution in [2.75, 3.05) is 6.61 Å². The van der Waals surface area contributed by atoms with Crippen LogP contribution < -0.4 is 5.32 Å². The molecule has 2 aromatic rings. The molecule has 6 heteroatoms. The van der Waals surface area contributed by atoms with Crippen LogP contribution in [0.2, 0.25) is 0 Å². The summed E-state index contributed by atoms with van der Waals surface area (Å²) in [4.78, 5) is 17.2. The molecule has 5 nitrogen and oxygen atoms in total. The summed E-state index contributed by atoms with van der Waals surface area (Å²) >= 11 is 1.54. The van der Waals surface area contributed by atoms with Crippen molar-refractivity contribution < 1.29 is 14.3 Å². The standard InChI is InChI=1S/C14H18N2O3S/c1-9-10(7-12(18)16-14(2,3)8-17)15-13(19-9)11-5-4-6-20-11/h4-6,17H,7-8H2,1-3H3,(H,16,18). The number of aliphatic hydroxyl groups excluding tert-OH is 1. The maximum absolute atomic E-state index is 11.9. The van der Waals surface area contributed by atoms with E-state index in [1.54, 1.807) is 32.1 Å². The molecule has 2 aromatic heterocycles. The lowest BCUT2D eigenvalue weighted by atomic mass is 10.1. The molecule has 108 valence electrons. The largest absolute Gasteiger partial charge is 0.440 e. The average molecular weight is 294 g/mol. The third kappa shape index (κ3) is 3.46. The summed E-state index contributed by atoms with van der Waals surface area (Å²) in [6.45, 7) is 5.20. The van der Waals surface area contributed by atoms with Gasteiger partial charge in [0.2, 0.25) is 11.8 Å². The van der Waals surface area contributed by atoms with E-state index in [4.69, 9.17) is 9.52 Å². The zero-order chi connectivity index (χ0) is 14.8. The van der Waals surface area contributed by atoms with E-state index >= 15 is 0 Å². The molecule has 0 bridgehead atoms. The van der Waals surface area contributed by atoms with Crippen LogP contribution in [0.3, 0.4) is 0 Å². The van der Waals surface area contributed by atoms with Gasteiger partial charge >= 0.3 is 0 Å². The van der Waals surface area contributed by atoms with Gasteiger partial charge in [0.1, 0.15) is 5.76 Å². The highest BCUT2D eigenvalue weighted by Gasteiger charge is 2.21. The summed E-state index contributed by atoms with van der Waals surface area (Å²) in [5.41, 5.74) is -0.00896. The molecule has 0 spiro atoms. The van der Waals surface area contributed by atoms with Gasteiger partial charge in [-0.15, -0.1) is 11.3 Å². The monoisotopic (exact) mass is 294 g/mol. The number of amides is 1. The number of rotatable bonds is 5. The average Bonchev–Trinajstić information content (AvgIpc) is 2.99. The highest BCUT2D eigenvalue weighted by molar-refractivity contribution is 7.13. The van der Waals surface area contributed by atoms with Crippen molar-refractivity contribution in [1.82, 2.24) is 10.3 Å². The molecular formula is C14H18N2O3S. The smallest absolute Gasteiger partial charge is 0.236 e. The minimum Gasteiger partial charge on any atom is -0.440 e. The van der Waals surface area contributed by atoms with Crippen LogP contribution in [-0.4, -0.2) is 28.1 Å². The molecule has 0 aliphatic heterocycles. The summed E-state index contributed by atoms with van der Waals surface area (Å²) in [5, 5.41) is 13.9. The van der Waals surface area contributed by atoms with Gasteiger partial charge in [0.05, 0.1) is 29.1 Å². The first kappa shape index (κ1) is 14.7. The van der Waals surface area contributed by atoms with E-state index in [9.17, 15) is 4.79 Å². The summed E-state index contributed by atoms with van der Waals surface area (Å²) in [5.74, 6) is 1.00. The number of hydrogen-bond donors (Lipinski definition) is 2. The van der Waals surface area contributed by atoms with Crippen LogP contribution in [0.15, 0.2) is 21.9 Å². The first-order valence-electron chi connectivity index (χ1n) is 6.33. The fourth-order valence-electron chi connectivity index (χ4n) is 1.71. The molecule has 20 heavy (non-hydrogen) atoms. The number of hydrogen-bond acceptors (Lipinski definition) is 5. The summed E-state index contributed by atoms with van der Waals surface area (Å²) in [6, 6.07) is 3.85. The van der Waals surface area contributed by atoms with E-state index in [2.05, 4.69) is 10.3 Å². The molecule has 1 amide bonds. The highest BCUT2D eigenvalue weighted by atomic mass is 32.1. The number of aromatic nitrogens is 1. The van der Waals surface area contributed by atoms with Crippen LogP contribution in [0.1, 0.15) is 25.3 Å². The number of nitrogens with zero attached hydrogens (tertiary/aromatic N) is 1. The van der Waals surface area contributed by atoms with Gasteiger partial charge in [-0.25, -0.2) is 4.98 Å². The van der Waals surface area contributed by atoms with Crippen LogP contribution in [0.4, 0.5) is 0 Å². The quantitative estimate of drug-likeness (QED) is 0.886. The van der Waals surface area contributed by atoms with E-state index in [0.717, 1.165) is 4.88 Å². The zero-order valence-corrected chi connectivity index (χ0v) is 12.6. The Bertz CT molecular complexity index is 588. The molecule has 2 heterocycles. The Labute approximate surface area is 121 Å². The van der Waals surface area contributed by atoms with Gasteiger partial charge in [-0.2, -0.15) is 0 Å². The lowest BCUT2D eigenvalue weighted by molar-refractivity contribution is -0.122. The van der Waals surface area contributed by atoms with Crippen molar-refractivity contribution in [1.29, 1.82) is 0 Å². The number of oxazole rings is 1.